The molecule has 3 rings (SSSR count). The van der Waals surface area contributed by atoms with E-state index in [2.05, 4.69) is 4.90 Å². The van der Waals surface area contributed by atoms with Crippen LogP contribution in [0, 0.1) is 0 Å². The molecular weight excluding hydrogens is 368 g/mol. The first-order valence-electron chi connectivity index (χ1n) is 9.19. The van der Waals surface area contributed by atoms with Crippen molar-refractivity contribution in [3.05, 3.63) is 17.7 Å². The van der Waals surface area contributed by atoms with Crippen LogP contribution in [0.1, 0.15) is 17.4 Å². The highest BCUT2D eigenvalue weighted by Crippen LogP contribution is 2.45. The number of carbonyl (C=O) groups is 1. The van der Waals surface area contributed by atoms with E-state index in [0.717, 1.165) is 44.2 Å². The van der Waals surface area contributed by atoms with Crippen molar-refractivity contribution < 1.29 is 23.7 Å². The molecule has 1 unspecified atom stereocenters. The first-order chi connectivity index (χ1) is 13.2. The van der Waals surface area contributed by atoms with E-state index in [4.69, 9.17) is 18.9 Å². The number of carbonyl (C=O) groups excluding carboxylic acids is 1. The normalized spacial score (nSPS) is 21.2. The lowest BCUT2D eigenvalue weighted by Crippen LogP contribution is -2.45. The third-order valence-corrected chi connectivity index (χ3v) is 6.22. The van der Waals surface area contributed by atoms with Crippen LogP contribution in [0.5, 0.6) is 17.2 Å². The number of thioether (sulfide) groups is 1. The number of hydrogen-bond acceptors (Lipinski definition) is 7. The first kappa shape index (κ1) is 20.1. The third-order valence-electron chi connectivity index (χ3n) is 4.96. The van der Waals surface area contributed by atoms with Gasteiger partial charge in [0.2, 0.25) is 5.91 Å². The molecule has 1 atom stereocenters. The molecular formula is C19H28N2O5S. The monoisotopic (exact) mass is 396 g/mol. The van der Waals surface area contributed by atoms with Gasteiger partial charge in [-0.25, -0.2) is 0 Å². The summed E-state index contributed by atoms with van der Waals surface area (Å²) in [5.74, 6) is 2.94. The fourth-order valence-electron chi connectivity index (χ4n) is 3.44. The highest BCUT2D eigenvalue weighted by atomic mass is 32.2. The molecule has 0 aromatic heterocycles. The lowest BCUT2D eigenvalue weighted by atomic mass is 10.1. The zero-order valence-electron chi connectivity index (χ0n) is 16.2. The maximum absolute atomic E-state index is 12.7. The minimum absolute atomic E-state index is 0.0953. The van der Waals surface area contributed by atoms with Gasteiger partial charge >= 0.3 is 0 Å². The highest BCUT2D eigenvalue weighted by molar-refractivity contribution is 7.99. The smallest absolute Gasteiger partial charge is 0.224 e. The van der Waals surface area contributed by atoms with Gasteiger partial charge < -0.3 is 23.8 Å². The average molecular weight is 397 g/mol. The Morgan fingerprint density at radius 2 is 1.70 bits per heavy atom. The summed E-state index contributed by atoms with van der Waals surface area (Å²) in [7, 11) is 4.85. The van der Waals surface area contributed by atoms with Crippen LogP contribution in [-0.2, 0) is 9.53 Å². The Labute approximate surface area is 164 Å². The molecule has 1 amide bonds. The van der Waals surface area contributed by atoms with E-state index >= 15 is 0 Å². The quantitative estimate of drug-likeness (QED) is 0.699. The Balaban J connectivity index is 1.84. The summed E-state index contributed by atoms with van der Waals surface area (Å²) >= 11 is 1.76. The fraction of sp³-hybridized carbons (Fsp3) is 0.632. The van der Waals surface area contributed by atoms with Crippen molar-refractivity contribution in [1.29, 1.82) is 0 Å². The van der Waals surface area contributed by atoms with Gasteiger partial charge in [-0.2, -0.15) is 0 Å². The number of rotatable bonds is 7. The van der Waals surface area contributed by atoms with E-state index < -0.39 is 0 Å². The number of amides is 1. The number of morpholine rings is 1. The average Bonchev–Trinajstić information content (AvgIpc) is 2.72. The number of benzene rings is 1. The Hall–Kier alpha value is -1.64. The molecule has 7 nitrogen and oxygen atoms in total. The minimum atomic E-state index is -0.0953. The van der Waals surface area contributed by atoms with Crippen LogP contribution >= 0.6 is 11.8 Å². The van der Waals surface area contributed by atoms with E-state index in [1.807, 2.05) is 17.0 Å². The van der Waals surface area contributed by atoms with Crippen molar-refractivity contribution in [2.75, 3.05) is 66.5 Å². The van der Waals surface area contributed by atoms with Crippen LogP contribution in [0.4, 0.5) is 0 Å². The van der Waals surface area contributed by atoms with Crippen LogP contribution in [0.2, 0.25) is 0 Å². The Kier molecular flexibility index (Phi) is 7.09. The van der Waals surface area contributed by atoms with Crippen molar-refractivity contribution in [3.8, 4) is 17.2 Å². The predicted octanol–water partition coefficient (Wildman–Crippen LogP) is 2.01. The molecule has 1 aromatic carbocycles. The predicted molar refractivity (Wildman–Crippen MR) is 105 cm³/mol. The molecule has 2 aliphatic rings. The van der Waals surface area contributed by atoms with Gasteiger partial charge in [0.15, 0.2) is 11.5 Å². The molecule has 150 valence electrons. The molecule has 0 radical (unpaired) electrons. The van der Waals surface area contributed by atoms with Gasteiger partial charge in [-0.3, -0.25) is 9.69 Å². The molecule has 2 fully saturated rings. The minimum Gasteiger partial charge on any atom is -0.496 e. The van der Waals surface area contributed by atoms with Crippen molar-refractivity contribution in [3.63, 3.8) is 0 Å². The van der Waals surface area contributed by atoms with E-state index in [-0.39, 0.29) is 11.3 Å². The second-order valence-electron chi connectivity index (χ2n) is 6.46. The summed E-state index contributed by atoms with van der Waals surface area (Å²) in [5.41, 5.74) is 0.940. The number of hydrogen-bond donors (Lipinski definition) is 0. The van der Waals surface area contributed by atoms with Crippen LogP contribution < -0.4 is 14.2 Å². The fourth-order valence-corrected chi connectivity index (χ4v) is 4.72. The van der Waals surface area contributed by atoms with Crippen molar-refractivity contribution >= 4 is 17.7 Å². The zero-order chi connectivity index (χ0) is 19.2. The van der Waals surface area contributed by atoms with Gasteiger partial charge in [-0.1, -0.05) is 0 Å². The first-order valence-corrected chi connectivity index (χ1v) is 10.2. The number of methoxy groups -OCH3 is 3. The second-order valence-corrected chi connectivity index (χ2v) is 7.65. The summed E-state index contributed by atoms with van der Waals surface area (Å²) < 4.78 is 21.9. The van der Waals surface area contributed by atoms with Gasteiger partial charge in [-0.05, 0) is 6.07 Å². The molecule has 8 heteroatoms. The van der Waals surface area contributed by atoms with Crippen LogP contribution in [0.25, 0.3) is 0 Å². The molecule has 1 aromatic rings. The van der Waals surface area contributed by atoms with E-state index in [1.165, 1.54) is 0 Å². The molecule has 0 saturated carbocycles. The van der Waals surface area contributed by atoms with Crippen LogP contribution in [0.3, 0.4) is 0 Å². The number of nitrogens with zero attached hydrogens (tertiary/aromatic N) is 2. The SMILES string of the molecule is COc1cc(OC)c(C2SCCC(=O)N2CCN2CCOCC2)cc1OC. The molecule has 0 N–H and O–H groups in total. The van der Waals surface area contributed by atoms with Gasteiger partial charge in [-0.15, -0.1) is 11.8 Å². The second kappa shape index (κ2) is 9.52. The Morgan fingerprint density at radius 3 is 2.37 bits per heavy atom. The highest BCUT2D eigenvalue weighted by Gasteiger charge is 2.33. The molecule has 2 heterocycles. The molecule has 0 aliphatic carbocycles. The lowest BCUT2D eigenvalue weighted by molar-refractivity contribution is -0.132. The molecule has 2 aliphatic heterocycles. The summed E-state index contributed by atoms with van der Waals surface area (Å²) in [5, 5.41) is -0.0953. The van der Waals surface area contributed by atoms with Gasteiger partial charge in [0.1, 0.15) is 11.1 Å². The van der Waals surface area contributed by atoms with Crippen molar-refractivity contribution in [2.24, 2.45) is 0 Å². The topological polar surface area (TPSA) is 60.5 Å². The largest absolute Gasteiger partial charge is 0.496 e. The maximum atomic E-state index is 12.7. The van der Waals surface area contributed by atoms with E-state index in [9.17, 15) is 4.79 Å². The maximum Gasteiger partial charge on any atom is 0.224 e. The molecule has 0 bridgehead atoms. The molecule has 2 saturated heterocycles. The van der Waals surface area contributed by atoms with E-state index in [0.29, 0.717) is 30.2 Å². The number of ether oxygens (including phenoxy) is 4. The van der Waals surface area contributed by atoms with Crippen molar-refractivity contribution in [1.82, 2.24) is 9.80 Å². The summed E-state index contributed by atoms with van der Waals surface area (Å²) in [6, 6.07) is 3.75. The van der Waals surface area contributed by atoms with E-state index in [1.54, 1.807) is 33.1 Å². The third kappa shape index (κ3) is 4.62. The van der Waals surface area contributed by atoms with Gasteiger partial charge in [0.25, 0.3) is 0 Å². The summed E-state index contributed by atoms with van der Waals surface area (Å²) in [4.78, 5) is 17.0. The standard InChI is InChI=1S/C19H28N2O5S/c1-23-15-13-17(25-3)16(24-2)12-14(15)19-21(18(22)4-11-27-19)6-5-20-7-9-26-10-8-20/h12-13,19H,4-11H2,1-3H3. The Bertz CT molecular complexity index is 651. The van der Waals surface area contributed by atoms with Crippen LogP contribution in [-0.4, -0.2) is 82.2 Å². The van der Waals surface area contributed by atoms with Crippen LogP contribution in [0.15, 0.2) is 12.1 Å². The molecule has 27 heavy (non-hydrogen) atoms. The lowest BCUT2D eigenvalue weighted by Gasteiger charge is -2.38. The molecule has 0 spiro atoms. The summed E-state index contributed by atoms with van der Waals surface area (Å²) in [6.45, 7) is 4.89. The van der Waals surface area contributed by atoms with Gasteiger partial charge in [0.05, 0.1) is 34.5 Å². The van der Waals surface area contributed by atoms with Gasteiger partial charge in [0, 0.05) is 50.0 Å². The van der Waals surface area contributed by atoms with Crippen molar-refractivity contribution in [2.45, 2.75) is 11.8 Å². The zero-order valence-corrected chi connectivity index (χ0v) is 17.0. The Morgan fingerprint density at radius 1 is 1.04 bits per heavy atom. The summed E-state index contributed by atoms with van der Waals surface area (Å²) in [6.07, 6.45) is 0.569.